The van der Waals surface area contributed by atoms with Gasteiger partial charge < -0.3 is 14.9 Å². The molecule has 0 spiro atoms. The predicted octanol–water partition coefficient (Wildman–Crippen LogP) is 2.47. The molecular formula is C13H20O3S. The van der Waals surface area contributed by atoms with Crippen LogP contribution in [0.25, 0.3) is 0 Å². The van der Waals surface area contributed by atoms with Gasteiger partial charge in [-0.3, -0.25) is 0 Å². The van der Waals surface area contributed by atoms with Crippen LogP contribution < -0.4 is 4.74 Å². The lowest BCUT2D eigenvalue weighted by molar-refractivity contribution is 0.191. The topological polar surface area (TPSA) is 49.7 Å². The van der Waals surface area contributed by atoms with Gasteiger partial charge in [0.1, 0.15) is 5.75 Å². The molecule has 1 aromatic carbocycles. The summed E-state index contributed by atoms with van der Waals surface area (Å²) < 4.78 is 5.26. The van der Waals surface area contributed by atoms with E-state index in [4.69, 9.17) is 9.84 Å². The van der Waals surface area contributed by atoms with Crippen molar-refractivity contribution in [3.05, 3.63) is 23.8 Å². The van der Waals surface area contributed by atoms with Crippen molar-refractivity contribution in [3.63, 3.8) is 0 Å². The zero-order valence-electron chi connectivity index (χ0n) is 10.5. The molecule has 0 bridgehead atoms. The summed E-state index contributed by atoms with van der Waals surface area (Å²) in [6.45, 7) is 3.91. The molecule has 0 heterocycles. The monoisotopic (exact) mass is 256 g/mol. The first-order valence-corrected chi connectivity index (χ1v) is 6.67. The molecule has 1 aromatic rings. The number of benzene rings is 1. The maximum absolute atomic E-state index is 9.80. The van der Waals surface area contributed by atoms with Gasteiger partial charge >= 0.3 is 0 Å². The van der Waals surface area contributed by atoms with Crippen LogP contribution >= 0.6 is 11.8 Å². The van der Waals surface area contributed by atoms with Crippen molar-refractivity contribution >= 4 is 11.8 Å². The molecule has 2 atom stereocenters. The molecule has 4 heteroatoms. The number of hydrogen-bond donors (Lipinski definition) is 2. The van der Waals surface area contributed by atoms with Gasteiger partial charge in [0.25, 0.3) is 0 Å². The smallest absolute Gasteiger partial charge is 0.125 e. The molecular weight excluding hydrogens is 236 g/mol. The van der Waals surface area contributed by atoms with E-state index in [0.29, 0.717) is 5.75 Å². The second-order valence-corrected chi connectivity index (χ2v) is 5.21. The molecule has 0 saturated carbocycles. The van der Waals surface area contributed by atoms with Crippen LogP contribution in [0.4, 0.5) is 0 Å². The summed E-state index contributed by atoms with van der Waals surface area (Å²) in [7, 11) is 1.60. The van der Waals surface area contributed by atoms with Crippen LogP contribution in [-0.4, -0.2) is 29.7 Å². The van der Waals surface area contributed by atoms with Gasteiger partial charge in [0.15, 0.2) is 0 Å². The van der Waals surface area contributed by atoms with Crippen LogP contribution in [-0.2, 0) is 0 Å². The first kappa shape index (κ1) is 14.4. The Bertz CT molecular complexity index is 353. The normalized spacial score (nSPS) is 14.4. The lowest BCUT2D eigenvalue weighted by atomic mass is 10.1. The number of methoxy groups -OCH3 is 1. The van der Waals surface area contributed by atoms with Crippen molar-refractivity contribution in [2.24, 2.45) is 5.92 Å². The molecule has 1 rings (SSSR count). The molecule has 96 valence electrons. The van der Waals surface area contributed by atoms with Gasteiger partial charge in [0.2, 0.25) is 0 Å². The van der Waals surface area contributed by atoms with Crippen LogP contribution in [0.15, 0.2) is 23.1 Å². The van der Waals surface area contributed by atoms with Crippen LogP contribution in [0, 0.1) is 5.92 Å². The van der Waals surface area contributed by atoms with Crippen LogP contribution in [0.3, 0.4) is 0 Å². The maximum Gasteiger partial charge on any atom is 0.125 e. The third-order valence-corrected chi connectivity index (χ3v) is 3.90. The Morgan fingerprint density at radius 1 is 1.35 bits per heavy atom. The average Bonchev–Trinajstić information content (AvgIpc) is 2.34. The summed E-state index contributed by atoms with van der Waals surface area (Å²) in [5, 5.41) is 18.8. The van der Waals surface area contributed by atoms with Gasteiger partial charge in [-0.15, -0.1) is 11.8 Å². The quantitative estimate of drug-likeness (QED) is 0.768. The molecule has 0 aliphatic rings. The first-order chi connectivity index (χ1) is 8.10. The summed E-state index contributed by atoms with van der Waals surface area (Å²) in [4.78, 5) is 1.01. The van der Waals surface area contributed by atoms with Gasteiger partial charge in [-0.05, 0) is 25.0 Å². The Hall–Kier alpha value is -0.710. The van der Waals surface area contributed by atoms with E-state index in [1.807, 2.05) is 25.1 Å². The van der Waals surface area contributed by atoms with Gasteiger partial charge in [0, 0.05) is 22.8 Å². The summed E-state index contributed by atoms with van der Waals surface area (Å²) in [6.07, 6.45) is -0.557. The van der Waals surface area contributed by atoms with Gasteiger partial charge in [-0.2, -0.15) is 0 Å². The molecule has 0 amide bonds. The highest BCUT2D eigenvalue weighted by Gasteiger charge is 2.14. The Kier molecular flexibility index (Phi) is 5.82. The second kappa shape index (κ2) is 6.89. The minimum absolute atomic E-state index is 0.182. The molecule has 0 aromatic heterocycles. The van der Waals surface area contributed by atoms with Gasteiger partial charge in [-0.1, -0.05) is 13.0 Å². The zero-order valence-corrected chi connectivity index (χ0v) is 11.3. The summed E-state index contributed by atoms with van der Waals surface area (Å²) in [5.74, 6) is 1.78. The van der Waals surface area contributed by atoms with Crippen LogP contribution in [0.1, 0.15) is 25.5 Å². The SMILES string of the molecule is COc1cccc(SCC(C)CO)c1[C@@H](C)O. The third kappa shape index (κ3) is 3.91. The Balaban J connectivity index is 2.90. The van der Waals surface area contributed by atoms with E-state index in [0.717, 1.165) is 16.2 Å². The second-order valence-electron chi connectivity index (χ2n) is 4.15. The minimum atomic E-state index is -0.557. The molecule has 2 N–H and O–H groups in total. The average molecular weight is 256 g/mol. The zero-order chi connectivity index (χ0) is 12.8. The molecule has 0 aliphatic carbocycles. The van der Waals surface area contributed by atoms with Crippen molar-refractivity contribution in [1.29, 1.82) is 0 Å². The molecule has 1 unspecified atom stereocenters. The van der Waals surface area contributed by atoms with Crippen molar-refractivity contribution in [2.45, 2.75) is 24.8 Å². The lowest BCUT2D eigenvalue weighted by Gasteiger charge is -2.16. The van der Waals surface area contributed by atoms with E-state index < -0.39 is 6.10 Å². The largest absolute Gasteiger partial charge is 0.496 e. The number of aliphatic hydroxyl groups excluding tert-OH is 2. The van der Waals surface area contributed by atoms with Gasteiger partial charge in [0.05, 0.1) is 13.2 Å². The van der Waals surface area contributed by atoms with E-state index in [9.17, 15) is 5.11 Å². The summed E-state index contributed by atoms with van der Waals surface area (Å²) in [6, 6.07) is 5.73. The minimum Gasteiger partial charge on any atom is -0.496 e. The van der Waals surface area contributed by atoms with E-state index in [1.54, 1.807) is 25.8 Å². The predicted molar refractivity (Wildman–Crippen MR) is 70.6 cm³/mol. The molecule has 17 heavy (non-hydrogen) atoms. The molecule has 0 radical (unpaired) electrons. The fourth-order valence-corrected chi connectivity index (χ4v) is 2.70. The standard InChI is InChI=1S/C13H20O3S/c1-9(7-14)8-17-12-6-4-5-11(16-3)13(12)10(2)15/h4-6,9-10,14-15H,7-8H2,1-3H3/t9?,10-/m1/s1. The Labute approximate surface area is 107 Å². The fraction of sp³-hybridized carbons (Fsp3) is 0.538. The summed E-state index contributed by atoms with van der Waals surface area (Å²) in [5.41, 5.74) is 0.824. The lowest BCUT2D eigenvalue weighted by Crippen LogP contribution is -2.05. The van der Waals surface area contributed by atoms with Crippen molar-refractivity contribution in [1.82, 2.24) is 0 Å². The fourth-order valence-electron chi connectivity index (χ4n) is 1.52. The van der Waals surface area contributed by atoms with Crippen LogP contribution in [0.5, 0.6) is 5.75 Å². The third-order valence-electron chi connectivity index (χ3n) is 2.50. The number of hydrogen-bond acceptors (Lipinski definition) is 4. The molecule has 0 aliphatic heterocycles. The van der Waals surface area contributed by atoms with E-state index >= 15 is 0 Å². The highest BCUT2D eigenvalue weighted by molar-refractivity contribution is 7.99. The Morgan fingerprint density at radius 3 is 2.59 bits per heavy atom. The Morgan fingerprint density at radius 2 is 2.06 bits per heavy atom. The number of rotatable bonds is 6. The first-order valence-electron chi connectivity index (χ1n) is 5.68. The van der Waals surface area contributed by atoms with E-state index in [-0.39, 0.29) is 12.5 Å². The highest BCUT2D eigenvalue weighted by atomic mass is 32.2. The summed E-state index contributed by atoms with van der Waals surface area (Å²) >= 11 is 1.64. The van der Waals surface area contributed by atoms with Crippen molar-refractivity contribution < 1.29 is 14.9 Å². The number of ether oxygens (including phenoxy) is 1. The molecule has 3 nitrogen and oxygen atoms in total. The van der Waals surface area contributed by atoms with Crippen molar-refractivity contribution in [3.8, 4) is 5.75 Å². The maximum atomic E-state index is 9.80. The molecule has 0 fully saturated rings. The number of thioether (sulfide) groups is 1. The highest BCUT2D eigenvalue weighted by Crippen LogP contribution is 2.35. The number of aliphatic hydroxyl groups is 2. The van der Waals surface area contributed by atoms with E-state index in [1.165, 1.54) is 0 Å². The molecule has 0 saturated heterocycles. The van der Waals surface area contributed by atoms with Gasteiger partial charge in [-0.25, -0.2) is 0 Å². The van der Waals surface area contributed by atoms with E-state index in [2.05, 4.69) is 0 Å². The van der Waals surface area contributed by atoms with Crippen LogP contribution in [0.2, 0.25) is 0 Å². The van der Waals surface area contributed by atoms with Crippen molar-refractivity contribution in [2.75, 3.05) is 19.5 Å².